The highest BCUT2D eigenvalue weighted by Crippen LogP contribution is 2.02. The van der Waals surface area contributed by atoms with E-state index in [4.69, 9.17) is 4.74 Å². The van der Waals surface area contributed by atoms with Crippen molar-refractivity contribution < 1.29 is 4.74 Å². The number of pyridine rings is 1. The van der Waals surface area contributed by atoms with E-state index < -0.39 is 0 Å². The van der Waals surface area contributed by atoms with E-state index >= 15 is 0 Å². The third-order valence-electron chi connectivity index (χ3n) is 1.41. The summed E-state index contributed by atoms with van der Waals surface area (Å²) in [5.41, 5.74) is 4.72. The number of nitrogens with one attached hydrogen (secondary N) is 1. The van der Waals surface area contributed by atoms with E-state index in [0.717, 1.165) is 11.4 Å². The van der Waals surface area contributed by atoms with Crippen molar-refractivity contribution in [3.63, 3.8) is 0 Å². The lowest BCUT2D eigenvalue weighted by Crippen LogP contribution is -2.04. The number of methoxy groups -OCH3 is 1. The Morgan fingerprint density at radius 3 is 2.85 bits per heavy atom. The highest BCUT2D eigenvalue weighted by Gasteiger charge is 1.89. The van der Waals surface area contributed by atoms with E-state index in [1.165, 1.54) is 0 Å². The Labute approximate surface area is 77.6 Å². The zero-order valence-electron chi connectivity index (χ0n) is 7.82. The molecule has 0 aromatic carbocycles. The molecule has 1 aromatic heterocycles. The minimum Gasteiger partial charge on any atom is -0.379 e. The largest absolute Gasteiger partial charge is 0.379 e. The zero-order chi connectivity index (χ0) is 9.52. The van der Waals surface area contributed by atoms with Gasteiger partial charge in [-0.25, -0.2) is 0 Å². The molecule has 0 saturated carbocycles. The van der Waals surface area contributed by atoms with Gasteiger partial charge in [0.05, 0.1) is 18.0 Å². The number of hydrogen-bond donors (Lipinski definition) is 1. The second-order valence-corrected chi connectivity index (χ2v) is 2.63. The molecule has 1 N–H and O–H groups in total. The minimum absolute atomic E-state index is 0.540. The van der Waals surface area contributed by atoms with Crippen molar-refractivity contribution >= 4 is 11.4 Å². The van der Waals surface area contributed by atoms with E-state index in [1.54, 1.807) is 19.5 Å². The Balaban J connectivity index is 2.47. The summed E-state index contributed by atoms with van der Waals surface area (Å²) in [6, 6.07) is 3.70. The number of rotatable bonds is 4. The van der Waals surface area contributed by atoms with Crippen molar-refractivity contribution in [2.75, 3.05) is 19.1 Å². The van der Waals surface area contributed by atoms with E-state index in [0.29, 0.717) is 6.61 Å². The highest BCUT2D eigenvalue weighted by atomic mass is 16.5. The molecule has 4 heteroatoms. The fraction of sp³-hybridized carbons (Fsp3) is 0.333. The summed E-state index contributed by atoms with van der Waals surface area (Å²) < 4.78 is 4.91. The van der Waals surface area contributed by atoms with Crippen LogP contribution in [-0.2, 0) is 4.74 Å². The second-order valence-electron chi connectivity index (χ2n) is 2.63. The summed E-state index contributed by atoms with van der Waals surface area (Å²) in [4.78, 5) is 3.90. The van der Waals surface area contributed by atoms with Gasteiger partial charge >= 0.3 is 0 Å². The summed E-state index contributed by atoms with van der Waals surface area (Å²) in [7, 11) is 1.64. The van der Waals surface area contributed by atoms with Gasteiger partial charge in [0.2, 0.25) is 0 Å². The topological polar surface area (TPSA) is 46.5 Å². The van der Waals surface area contributed by atoms with Crippen molar-refractivity contribution in [2.24, 2.45) is 5.10 Å². The van der Waals surface area contributed by atoms with E-state index in [2.05, 4.69) is 15.5 Å². The quantitative estimate of drug-likeness (QED) is 0.563. The van der Waals surface area contributed by atoms with Gasteiger partial charge in [-0.15, -0.1) is 0 Å². The molecule has 1 heterocycles. The molecule has 0 atom stereocenters. The van der Waals surface area contributed by atoms with Crippen molar-refractivity contribution in [3.05, 3.63) is 24.5 Å². The average molecular weight is 179 g/mol. The van der Waals surface area contributed by atoms with Gasteiger partial charge in [-0.1, -0.05) is 0 Å². The van der Waals surface area contributed by atoms with E-state index in [-0.39, 0.29) is 0 Å². The monoisotopic (exact) mass is 179 g/mol. The van der Waals surface area contributed by atoms with Gasteiger partial charge in [-0.05, 0) is 19.1 Å². The molecule has 0 spiro atoms. The second kappa shape index (κ2) is 5.27. The van der Waals surface area contributed by atoms with Crippen LogP contribution in [0.25, 0.3) is 0 Å². The SMILES string of the molecule is COC/C(C)=N/Nc1ccncc1. The van der Waals surface area contributed by atoms with Crippen molar-refractivity contribution in [2.45, 2.75) is 6.92 Å². The van der Waals surface area contributed by atoms with Crippen LogP contribution in [0.5, 0.6) is 0 Å². The first-order chi connectivity index (χ1) is 6.33. The highest BCUT2D eigenvalue weighted by molar-refractivity contribution is 5.83. The maximum absolute atomic E-state index is 4.91. The molecule has 0 saturated heterocycles. The predicted molar refractivity (Wildman–Crippen MR) is 52.8 cm³/mol. The van der Waals surface area contributed by atoms with Crippen molar-refractivity contribution in [1.82, 2.24) is 4.98 Å². The van der Waals surface area contributed by atoms with Crippen molar-refractivity contribution in [1.29, 1.82) is 0 Å². The third-order valence-corrected chi connectivity index (χ3v) is 1.41. The van der Waals surface area contributed by atoms with Gasteiger partial charge < -0.3 is 4.74 Å². The summed E-state index contributed by atoms with van der Waals surface area (Å²) in [6.45, 7) is 2.44. The number of hydrogen-bond acceptors (Lipinski definition) is 4. The van der Waals surface area contributed by atoms with E-state index in [9.17, 15) is 0 Å². The molecular weight excluding hydrogens is 166 g/mol. The Bertz CT molecular complexity index is 271. The van der Waals surface area contributed by atoms with Gasteiger partial charge in [0, 0.05) is 19.5 Å². The summed E-state index contributed by atoms with van der Waals surface area (Å²) >= 11 is 0. The zero-order valence-corrected chi connectivity index (χ0v) is 7.82. The molecule has 70 valence electrons. The lowest BCUT2D eigenvalue weighted by Gasteiger charge is -2.01. The standard InChI is InChI=1S/C9H13N3O/c1-8(7-13-2)11-12-9-3-5-10-6-4-9/h3-6H,7H2,1-2H3,(H,10,12)/b11-8+. The lowest BCUT2D eigenvalue weighted by molar-refractivity contribution is 0.245. The van der Waals surface area contributed by atoms with Crippen LogP contribution >= 0.6 is 0 Å². The van der Waals surface area contributed by atoms with Crippen LogP contribution in [0.1, 0.15) is 6.92 Å². The summed E-state index contributed by atoms with van der Waals surface area (Å²) in [5.74, 6) is 0. The van der Waals surface area contributed by atoms with Crippen LogP contribution in [-0.4, -0.2) is 24.4 Å². The Kier molecular flexibility index (Phi) is 3.92. The molecule has 0 unspecified atom stereocenters. The molecule has 0 bridgehead atoms. The molecule has 0 aliphatic carbocycles. The molecule has 0 aliphatic rings. The van der Waals surface area contributed by atoms with Gasteiger partial charge in [0.15, 0.2) is 0 Å². The summed E-state index contributed by atoms with van der Waals surface area (Å²) in [6.07, 6.45) is 3.42. The Morgan fingerprint density at radius 2 is 2.23 bits per heavy atom. The smallest absolute Gasteiger partial charge is 0.0859 e. The Hall–Kier alpha value is -1.42. The molecule has 0 fully saturated rings. The van der Waals surface area contributed by atoms with Gasteiger partial charge in [0.1, 0.15) is 0 Å². The minimum atomic E-state index is 0.540. The fourth-order valence-corrected chi connectivity index (χ4v) is 0.828. The van der Waals surface area contributed by atoms with Crippen LogP contribution < -0.4 is 5.43 Å². The molecule has 0 radical (unpaired) electrons. The molecule has 13 heavy (non-hydrogen) atoms. The number of ether oxygens (including phenoxy) is 1. The molecule has 1 rings (SSSR count). The number of aromatic nitrogens is 1. The molecular formula is C9H13N3O. The maximum atomic E-state index is 4.91. The number of nitrogens with zero attached hydrogens (tertiary/aromatic N) is 2. The van der Waals surface area contributed by atoms with Crippen LogP contribution in [0.3, 0.4) is 0 Å². The first-order valence-corrected chi connectivity index (χ1v) is 4.01. The molecule has 4 nitrogen and oxygen atoms in total. The van der Waals surface area contributed by atoms with Crippen LogP contribution in [0.15, 0.2) is 29.6 Å². The third kappa shape index (κ3) is 3.66. The Morgan fingerprint density at radius 1 is 1.54 bits per heavy atom. The summed E-state index contributed by atoms with van der Waals surface area (Å²) in [5, 5.41) is 4.10. The van der Waals surface area contributed by atoms with Crippen LogP contribution in [0, 0.1) is 0 Å². The predicted octanol–water partition coefficient (Wildman–Crippen LogP) is 1.52. The fourth-order valence-electron chi connectivity index (χ4n) is 0.828. The lowest BCUT2D eigenvalue weighted by atomic mass is 10.4. The molecule has 0 amide bonds. The average Bonchev–Trinajstić information content (AvgIpc) is 2.17. The maximum Gasteiger partial charge on any atom is 0.0859 e. The van der Waals surface area contributed by atoms with Crippen LogP contribution in [0.2, 0.25) is 0 Å². The van der Waals surface area contributed by atoms with Gasteiger partial charge in [-0.3, -0.25) is 10.4 Å². The molecule has 1 aromatic rings. The van der Waals surface area contributed by atoms with Crippen LogP contribution in [0.4, 0.5) is 5.69 Å². The normalized spacial score (nSPS) is 11.4. The van der Waals surface area contributed by atoms with Crippen molar-refractivity contribution in [3.8, 4) is 0 Å². The number of hydrazone groups is 1. The van der Waals surface area contributed by atoms with Gasteiger partial charge in [0.25, 0.3) is 0 Å². The molecule has 0 aliphatic heterocycles. The van der Waals surface area contributed by atoms with E-state index in [1.807, 2.05) is 19.1 Å². The number of anilines is 1. The first kappa shape index (κ1) is 9.67. The first-order valence-electron chi connectivity index (χ1n) is 4.01. The van der Waals surface area contributed by atoms with Gasteiger partial charge in [-0.2, -0.15) is 5.10 Å².